The highest BCUT2D eigenvalue weighted by atomic mass is 35.5. The van der Waals surface area contributed by atoms with Crippen LogP contribution in [0.4, 0.5) is 0 Å². The zero-order valence-corrected chi connectivity index (χ0v) is 15.0. The predicted molar refractivity (Wildman–Crippen MR) is 98.5 cm³/mol. The third-order valence-electron chi connectivity index (χ3n) is 3.97. The van der Waals surface area contributed by atoms with E-state index >= 15 is 0 Å². The number of methoxy groups -OCH3 is 1. The summed E-state index contributed by atoms with van der Waals surface area (Å²) in [5.41, 5.74) is 2.48. The summed E-state index contributed by atoms with van der Waals surface area (Å²) >= 11 is 1.84. The van der Waals surface area contributed by atoms with Gasteiger partial charge < -0.3 is 9.84 Å². The number of carbonyl (C=O) groups is 1. The molecule has 0 saturated carbocycles. The number of hydrogen-bond acceptors (Lipinski definition) is 4. The molecule has 128 valence electrons. The summed E-state index contributed by atoms with van der Waals surface area (Å²) in [6.45, 7) is 2.36. The first kappa shape index (κ1) is 18.6. The first-order chi connectivity index (χ1) is 11.2. The van der Waals surface area contributed by atoms with Gasteiger partial charge in [-0.05, 0) is 35.4 Å². The van der Waals surface area contributed by atoms with Gasteiger partial charge in [-0.15, -0.1) is 24.2 Å². The molecule has 1 heterocycles. The van der Waals surface area contributed by atoms with E-state index in [-0.39, 0.29) is 12.4 Å². The van der Waals surface area contributed by atoms with Gasteiger partial charge in [0.25, 0.3) is 0 Å². The van der Waals surface area contributed by atoms with Gasteiger partial charge >= 0.3 is 5.97 Å². The lowest BCUT2D eigenvalue weighted by Crippen LogP contribution is -2.25. The van der Waals surface area contributed by atoms with E-state index in [2.05, 4.69) is 17.0 Å². The van der Waals surface area contributed by atoms with Crippen LogP contribution < -0.4 is 4.74 Å². The number of carboxylic acids is 1. The maximum Gasteiger partial charge on any atom is 0.336 e. The fourth-order valence-electron chi connectivity index (χ4n) is 2.79. The highest BCUT2D eigenvalue weighted by Crippen LogP contribution is 2.31. The largest absolute Gasteiger partial charge is 0.497 e. The molecule has 0 aliphatic carbocycles. The molecule has 0 aromatic heterocycles. The lowest BCUT2D eigenvalue weighted by atomic mass is 10.1. The Balaban J connectivity index is 0.00000208. The van der Waals surface area contributed by atoms with Crippen molar-refractivity contribution < 1.29 is 14.6 Å². The van der Waals surface area contributed by atoms with Crippen LogP contribution in [0, 0.1) is 0 Å². The van der Waals surface area contributed by atoms with E-state index in [9.17, 15) is 9.90 Å². The summed E-state index contributed by atoms with van der Waals surface area (Å²) in [7, 11) is 1.67. The normalized spacial score (nSPS) is 14.2. The molecule has 2 aromatic rings. The van der Waals surface area contributed by atoms with Crippen LogP contribution in [0.5, 0.6) is 5.75 Å². The zero-order valence-electron chi connectivity index (χ0n) is 13.4. The lowest BCUT2D eigenvalue weighted by molar-refractivity contribution is 0.0694. The minimum atomic E-state index is -0.869. The minimum Gasteiger partial charge on any atom is -0.497 e. The van der Waals surface area contributed by atoms with Gasteiger partial charge in [0.05, 0.1) is 12.7 Å². The molecule has 0 saturated heterocycles. The molecule has 6 heteroatoms. The first-order valence-electron chi connectivity index (χ1n) is 7.50. The fourth-order valence-corrected chi connectivity index (χ4v) is 3.84. The van der Waals surface area contributed by atoms with Crippen molar-refractivity contribution in [1.29, 1.82) is 0 Å². The van der Waals surface area contributed by atoms with E-state index in [4.69, 9.17) is 4.74 Å². The van der Waals surface area contributed by atoms with E-state index in [1.165, 1.54) is 10.5 Å². The number of thioether (sulfide) groups is 1. The van der Waals surface area contributed by atoms with Crippen molar-refractivity contribution in [3.8, 4) is 5.75 Å². The third-order valence-corrected chi connectivity index (χ3v) is 5.06. The van der Waals surface area contributed by atoms with E-state index in [0.29, 0.717) is 12.1 Å². The average molecular weight is 366 g/mol. The van der Waals surface area contributed by atoms with Crippen molar-refractivity contribution in [1.82, 2.24) is 4.90 Å². The highest BCUT2D eigenvalue weighted by molar-refractivity contribution is 7.99. The van der Waals surface area contributed by atoms with E-state index in [1.54, 1.807) is 19.2 Å². The number of fused-ring (bicyclic) bond motifs is 1. The molecule has 0 fully saturated rings. The molecule has 1 N–H and O–H groups in total. The Kier molecular flexibility index (Phi) is 6.54. The van der Waals surface area contributed by atoms with Crippen molar-refractivity contribution in [2.45, 2.75) is 18.0 Å². The van der Waals surface area contributed by atoms with Crippen LogP contribution in [0.1, 0.15) is 21.5 Å². The standard InChI is InChI=1S/C18H19NO3S.ClH/c1-22-15-6-7-17-14(10-15)12-19(8-9-23-17)11-13-4-2-3-5-16(13)18(20)21;/h2-7,10H,8-9,11-12H2,1H3,(H,20,21);1H. The van der Waals surface area contributed by atoms with Crippen LogP contribution in [0.15, 0.2) is 47.4 Å². The SMILES string of the molecule is COc1ccc2c(c1)CN(Cc1ccccc1C(=O)O)CCS2.Cl. The molecule has 0 spiro atoms. The lowest BCUT2D eigenvalue weighted by Gasteiger charge is -2.21. The topological polar surface area (TPSA) is 49.8 Å². The van der Waals surface area contributed by atoms with Crippen molar-refractivity contribution in [3.05, 3.63) is 59.2 Å². The molecule has 0 bridgehead atoms. The van der Waals surface area contributed by atoms with E-state index < -0.39 is 5.97 Å². The zero-order chi connectivity index (χ0) is 16.2. The third kappa shape index (κ3) is 4.23. The first-order valence-corrected chi connectivity index (χ1v) is 8.49. The Hall–Kier alpha value is -1.69. The Morgan fingerprint density at radius 2 is 2.08 bits per heavy atom. The summed E-state index contributed by atoms with van der Waals surface area (Å²) in [4.78, 5) is 14.9. The van der Waals surface area contributed by atoms with Crippen LogP contribution in [0.2, 0.25) is 0 Å². The van der Waals surface area contributed by atoms with Gasteiger partial charge in [0, 0.05) is 30.3 Å². The molecule has 0 unspecified atom stereocenters. The molecule has 2 aromatic carbocycles. The van der Waals surface area contributed by atoms with Gasteiger partial charge in [0.1, 0.15) is 5.75 Å². The van der Waals surface area contributed by atoms with Crippen LogP contribution in [0.3, 0.4) is 0 Å². The molecular weight excluding hydrogens is 346 g/mol. The van der Waals surface area contributed by atoms with Crippen LogP contribution in [0.25, 0.3) is 0 Å². The predicted octanol–water partition coefficient (Wildman–Crippen LogP) is 3.92. The summed E-state index contributed by atoms with van der Waals surface area (Å²) in [5.74, 6) is 0.984. The highest BCUT2D eigenvalue weighted by Gasteiger charge is 2.18. The molecule has 3 rings (SSSR count). The van der Waals surface area contributed by atoms with Crippen molar-refractivity contribution in [2.75, 3.05) is 19.4 Å². The van der Waals surface area contributed by atoms with E-state index in [1.807, 2.05) is 30.0 Å². The molecule has 1 aliphatic heterocycles. The minimum absolute atomic E-state index is 0. The van der Waals surface area contributed by atoms with Gasteiger partial charge in [-0.1, -0.05) is 18.2 Å². The second-order valence-corrected chi connectivity index (χ2v) is 6.63. The second kappa shape index (κ2) is 8.42. The molecule has 0 amide bonds. The summed E-state index contributed by atoms with van der Waals surface area (Å²) in [6, 6.07) is 13.4. The summed E-state index contributed by atoms with van der Waals surface area (Å²) in [5, 5.41) is 9.34. The van der Waals surface area contributed by atoms with Gasteiger partial charge in [0.2, 0.25) is 0 Å². The molecule has 4 nitrogen and oxygen atoms in total. The molecule has 1 aliphatic rings. The fraction of sp³-hybridized carbons (Fsp3) is 0.278. The smallest absolute Gasteiger partial charge is 0.336 e. The van der Waals surface area contributed by atoms with Gasteiger partial charge in [-0.25, -0.2) is 4.79 Å². The number of aromatic carboxylic acids is 1. The number of benzene rings is 2. The molecule has 24 heavy (non-hydrogen) atoms. The molecule has 0 radical (unpaired) electrons. The van der Waals surface area contributed by atoms with Gasteiger partial charge in [0.15, 0.2) is 0 Å². The Morgan fingerprint density at radius 1 is 1.29 bits per heavy atom. The van der Waals surface area contributed by atoms with Crippen molar-refractivity contribution in [2.24, 2.45) is 0 Å². The Bertz CT molecular complexity index is 723. The maximum absolute atomic E-state index is 11.4. The van der Waals surface area contributed by atoms with E-state index in [0.717, 1.165) is 30.2 Å². The van der Waals surface area contributed by atoms with Crippen molar-refractivity contribution >= 4 is 30.1 Å². The van der Waals surface area contributed by atoms with Crippen LogP contribution >= 0.6 is 24.2 Å². The average Bonchev–Trinajstić information content (AvgIpc) is 2.76. The number of ether oxygens (including phenoxy) is 1. The summed E-state index contributed by atoms with van der Waals surface area (Å²) < 4.78 is 5.32. The second-order valence-electron chi connectivity index (χ2n) is 5.50. The monoisotopic (exact) mass is 365 g/mol. The van der Waals surface area contributed by atoms with Crippen molar-refractivity contribution in [3.63, 3.8) is 0 Å². The van der Waals surface area contributed by atoms with Gasteiger partial charge in [-0.2, -0.15) is 0 Å². The molecular formula is C18H20ClNO3S. The number of rotatable bonds is 4. The van der Waals surface area contributed by atoms with Crippen LogP contribution in [-0.4, -0.2) is 35.4 Å². The maximum atomic E-state index is 11.4. The number of hydrogen-bond donors (Lipinski definition) is 1. The Morgan fingerprint density at radius 3 is 2.83 bits per heavy atom. The number of carboxylic acid groups (broad SMARTS) is 1. The number of halogens is 1. The Labute approximate surface area is 152 Å². The van der Waals surface area contributed by atoms with Gasteiger partial charge in [-0.3, -0.25) is 4.90 Å². The quantitative estimate of drug-likeness (QED) is 0.889. The summed E-state index contributed by atoms with van der Waals surface area (Å²) in [6.07, 6.45) is 0. The van der Waals surface area contributed by atoms with Crippen LogP contribution in [-0.2, 0) is 13.1 Å². The molecule has 0 atom stereocenters. The number of nitrogens with zero attached hydrogens (tertiary/aromatic N) is 1.